The van der Waals surface area contributed by atoms with E-state index in [1.807, 2.05) is 24.8 Å². The summed E-state index contributed by atoms with van der Waals surface area (Å²) in [4.78, 5) is 14.8. The average Bonchev–Trinajstić information content (AvgIpc) is 3.21. The molecule has 2 saturated heterocycles. The normalized spacial score (nSPS) is 21.6. The predicted octanol–water partition coefficient (Wildman–Crippen LogP) is 2.84. The number of nitrogens with zero attached hydrogens (tertiary/aromatic N) is 2. The van der Waals surface area contributed by atoms with E-state index in [1.54, 1.807) is 12.1 Å². The van der Waals surface area contributed by atoms with Crippen molar-refractivity contribution in [1.29, 1.82) is 0 Å². The molecular weight excluding hydrogens is 364 g/mol. The van der Waals surface area contributed by atoms with Gasteiger partial charge in [0.1, 0.15) is 10.6 Å². The number of carbonyl (C=O) groups excluding carboxylic acids is 1. The van der Waals surface area contributed by atoms with Crippen LogP contribution in [0.2, 0.25) is 0 Å². The Bertz CT molecular complexity index is 785. The van der Waals surface area contributed by atoms with Crippen molar-refractivity contribution in [2.24, 2.45) is 5.92 Å². The van der Waals surface area contributed by atoms with Crippen LogP contribution in [0.4, 0.5) is 0 Å². The van der Waals surface area contributed by atoms with Crippen LogP contribution in [0.5, 0.6) is 5.75 Å². The summed E-state index contributed by atoms with van der Waals surface area (Å²) in [5.41, 5.74) is 0.955. The van der Waals surface area contributed by atoms with Gasteiger partial charge in [-0.25, -0.2) is 8.42 Å². The summed E-state index contributed by atoms with van der Waals surface area (Å²) in [5, 5.41) is 0. The van der Waals surface area contributed by atoms with Gasteiger partial charge in [0.25, 0.3) is 0 Å². The molecule has 0 saturated carbocycles. The summed E-state index contributed by atoms with van der Waals surface area (Å²) < 4.78 is 33.5. The van der Waals surface area contributed by atoms with Crippen molar-refractivity contribution in [1.82, 2.24) is 9.21 Å². The highest BCUT2D eigenvalue weighted by Crippen LogP contribution is 2.33. The highest BCUT2D eigenvalue weighted by molar-refractivity contribution is 7.89. The molecule has 1 aromatic rings. The highest BCUT2D eigenvalue weighted by atomic mass is 32.2. The molecular formula is C20H30N2O4S. The van der Waals surface area contributed by atoms with E-state index in [2.05, 4.69) is 0 Å². The molecule has 0 radical (unpaired) electrons. The van der Waals surface area contributed by atoms with E-state index in [-0.39, 0.29) is 29.2 Å². The van der Waals surface area contributed by atoms with Crippen molar-refractivity contribution in [3.8, 4) is 5.75 Å². The second kappa shape index (κ2) is 8.19. The fraction of sp³-hybridized carbons (Fsp3) is 0.650. The minimum Gasteiger partial charge on any atom is -0.495 e. The first-order valence-electron chi connectivity index (χ1n) is 9.81. The molecule has 2 aliphatic heterocycles. The lowest BCUT2D eigenvalue weighted by Gasteiger charge is -2.33. The van der Waals surface area contributed by atoms with Gasteiger partial charge in [-0.2, -0.15) is 4.31 Å². The summed E-state index contributed by atoms with van der Waals surface area (Å²) in [5.74, 6) is 0.435. The molecule has 2 fully saturated rings. The van der Waals surface area contributed by atoms with Crippen LogP contribution < -0.4 is 4.74 Å². The number of ether oxygens (including phenoxy) is 1. The third-order valence-electron chi connectivity index (χ3n) is 5.62. The van der Waals surface area contributed by atoms with Gasteiger partial charge in [-0.05, 0) is 49.3 Å². The minimum absolute atomic E-state index is 0.107. The van der Waals surface area contributed by atoms with Gasteiger partial charge in [-0.1, -0.05) is 19.9 Å². The number of carbonyl (C=O) groups is 1. The molecule has 27 heavy (non-hydrogen) atoms. The topological polar surface area (TPSA) is 66.9 Å². The maximum Gasteiger partial charge on any atom is 0.246 e. The van der Waals surface area contributed by atoms with Gasteiger partial charge in [0.15, 0.2) is 0 Å². The Morgan fingerprint density at radius 3 is 2.48 bits per heavy atom. The van der Waals surface area contributed by atoms with E-state index in [0.29, 0.717) is 18.7 Å². The number of likely N-dealkylation sites (tertiary alicyclic amines) is 1. The van der Waals surface area contributed by atoms with Gasteiger partial charge in [-0.15, -0.1) is 0 Å². The molecule has 1 amide bonds. The van der Waals surface area contributed by atoms with Crippen molar-refractivity contribution in [2.45, 2.75) is 50.3 Å². The van der Waals surface area contributed by atoms with Gasteiger partial charge in [-0.3, -0.25) is 4.79 Å². The molecule has 0 bridgehead atoms. The van der Waals surface area contributed by atoms with E-state index < -0.39 is 10.0 Å². The Balaban J connectivity index is 1.86. The molecule has 2 aliphatic rings. The lowest BCUT2D eigenvalue weighted by atomic mass is 9.98. The summed E-state index contributed by atoms with van der Waals surface area (Å²) in [6.07, 6.45) is 3.54. The number of methoxy groups -OCH3 is 1. The Labute approximate surface area is 162 Å². The van der Waals surface area contributed by atoms with E-state index in [0.717, 1.165) is 37.9 Å². The highest BCUT2D eigenvalue weighted by Gasteiger charge is 2.36. The third-order valence-corrected chi connectivity index (χ3v) is 7.51. The van der Waals surface area contributed by atoms with Gasteiger partial charge in [0.2, 0.25) is 15.9 Å². The molecule has 7 heteroatoms. The molecule has 3 rings (SSSR count). The summed E-state index contributed by atoms with van der Waals surface area (Å²) in [6, 6.07) is 5.34. The summed E-state index contributed by atoms with van der Waals surface area (Å²) >= 11 is 0. The van der Waals surface area contributed by atoms with E-state index in [9.17, 15) is 13.2 Å². The number of amides is 1. The smallest absolute Gasteiger partial charge is 0.246 e. The van der Waals surface area contributed by atoms with Gasteiger partial charge in [0.05, 0.1) is 13.0 Å². The lowest BCUT2D eigenvalue weighted by molar-refractivity contribution is -0.135. The molecule has 6 nitrogen and oxygen atoms in total. The zero-order chi connectivity index (χ0) is 19.6. The van der Waals surface area contributed by atoms with Crippen molar-refractivity contribution < 1.29 is 17.9 Å². The van der Waals surface area contributed by atoms with Gasteiger partial charge < -0.3 is 9.64 Å². The Hall–Kier alpha value is -1.60. The second-order valence-corrected chi connectivity index (χ2v) is 9.71. The van der Waals surface area contributed by atoms with Crippen LogP contribution >= 0.6 is 0 Å². The predicted molar refractivity (Wildman–Crippen MR) is 104 cm³/mol. The van der Waals surface area contributed by atoms with Crippen molar-refractivity contribution >= 4 is 15.9 Å². The Kier molecular flexibility index (Phi) is 6.11. The van der Waals surface area contributed by atoms with Crippen molar-refractivity contribution in [3.63, 3.8) is 0 Å². The van der Waals surface area contributed by atoms with E-state index in [4.69, 9.17) is 4.74 Å². The van der Waals surface area contributed by atoms with Crippen LogP contribution in [0.25, 0.3) is 0 Å². The number of hydrogen-bond donors (Lipinski definition) is 0. The molecule has 1 aromatic carbocycles. The number of rotatable bonds is 5. The van der Waals surface area contributed by atoms with Crippen LogP contribution in [0.3, 0.4) is 0 Å². The standard InChI is InChI=1S/C20H30N2O4S/c1-15(2)16-8-9-18(26-3)19(13-16)27(24,25)22-12-6-7-17(14-22)20(23)21-10-4-5-11-21/h8-9,13,15,17H,4-7,10-12,14H2,1-3H3/t17-/m1/s1. The Morgan fingerprint density at radius 1 is 1.15 bits per heavy atom. The van der Waals surface area contributed by atoms with Gasteiger partial charge >= 0.3 is 0 Å². The Morgan fingerprint density at radius 2 is 1.85 bits per heavy atom. The number of hydrogen-bond acceptors (Lipinski definition) is 4. The molecule has 0 aliphatic carbocycles. The molecule has 0 N–H and O–H groups in total. The number of piperidine rings is 1. The molecule has 1 atom stereocenters. The number of benzene rings is 1. The quantitative estimate of drug-likeness (QED) is 0.770. The van der Waals surface area contributed by atoms with E-state index >= 15 is 0 Å². The van der Waals surface area contributed by atoms with Crippen LogP contribution in [-0.4, -0.2) is 56.8 Å². The van der Waals surface area contributed by atoms with Crippen LogP contribution in [0.15, 0.2) is 23.1 Å². The maximum absolute atomic E-state index is 13.4. The van der Waals surface area contributed by atoms with Gasteiger partial charge in [0, 0.05) is 26.2 Å². The first-order chi connectivity index (χ1) is 12.8. The SMILES string of the molecule is COc1ccc(C(C)C)cc1S(=O)(=O)N1CCC[C@@H](C(=O)N2CCCC2)C1. The largest absolute Gasteiger partial charge is 0.495 e. The molecule has 150 valence electrons. The number of sulfonamides is 1. The molecule has 0 aromatic heterocycles. The van der Waals surface area contributed by atoms with Crippen LogP contribution in [0.1, 0.15) is 51.0 Å². The van der Waals surface area contributed by atoms with Crippen LogP contribution in [0, 0.1) is 5.92 Å². The minimum atomic E-state index is -3.71. The molecule has 2 heterocycles. The molecule has 0 spiro atoms. The van der Waals surface area contributed by atoms with Crippen molar-refractivity contribution in [2.75, 3.05) is 33.3 Å². The average molecular weight is 395 g/mol. The maximum atomic E-state index is 13.4. The van der Waals surface area contributed by atoms with E-state index in [1.165, 1.54) is 11.4 Å². The van der Waals surface area contributed by atoms with Crippen molar-refractivity contribution in [3.05, 3.63) is 23.8 Å². The zero-order valence-electron chi connectivity index (χ0n) is 16.5. The third kappa shape index (κ3) is 4.14. The summed E-state index contributed by atoms with van der Waals surface area (Å²) in [7, 11) is -2.23. The molecule has 0 unspecified atom stereocenters. The first-order valence-corrected chi connectivity index (χ1v) is 11.3. The fourth-order valence-electron chi connectivity index (χ4n) is 3.95. The lowest BCUT2D eigenvalue weighted by Crippen LogP contribution is -2.46. The monoisotopic (exact) mass is 394 g/mol. The fourth-order valence-corrected chi connectivity index (χ4v) is 5.67. The van der Waals surface area contributed by atoms with Crippen LogP contribution in [-0.2, 0) is 14.8 Å². The zero-order valence-corrected chi connectivity index (χ0v) is 17.3. The first kappa shape index (κ1) is 20.1. The second-order valence-electron chi connectivity index (χ2n) is 7.80. The summed E-state index contributed by atoms with van der Waals surface area (Å²) in [6.45, 7) is 6.36.